The van der Waals surface area contributed by atoms with Crippen molar-refractivity contribution >= 4 is 6.72 Å². The molecule has 0 aliphatic rings. The molecule has 1 nitrogen and oxygen atoms in total. The van der Waals surface area contributed by atoms with Gasteiger partial charge in [-0.15, -0.1) is 6.40 Å². The van der Waals surface area contributed by atoms with Gasteiger partial charge in [0, 0.05) is 5.41 Å². The second-order valence-electron chi connectivity index (χ2n) is 2.39. The van der Waals surface area contributed by atoms with Gasteiger partial charge in [0.15, 0.2) is 0 Å². The van der Waals surface area contributed by atoms with Gasteiger partial charge in [-0.3, -0.25) is 4.99 Å². The first kappa shape index (κ1) is 5.37. The van der Waals surface area contributed by atoms with Crippen LogP contribution in [0.3, 0.4) is 0 Å². The Balaban J connectivity index is 3.95. The van der Waals surface area contributed by atoms with Crippen LogP contribution in [0.5, 0.6) is 0 Å². The van der Waals surface area contributed by atoms with E-state index in [0.29, 0.717) is 6.54 Å². The van der Waals surface area contributed by atoms with Gasteiger partial charge in [-0.25, -0.2) is 0 Å². The third-order valence-electron chi connectivity index (χ3n) is 0.845. The molecule has 0 aromatic heterocycles. The Hall–Kier alpha value is -0.770. The van der Waals surface area contributed by atoms with Crippen LogP contribution < -0.4 is 0 Å². The van der Waals surface area contributed by atoms with Crippen molar-refractivity contribution in [3.05, 3.63) is 0 Å². The fourth-order valence-corrected chi connectivity index (χ4v) is 0.319. The van der Waals surface area contributed by atoms with Gasteiger partial charge in [0.25, 0.3) is 0 Å². The quantitative estimate of drug-likeness (QED) is 0.377. The van der Waals surface area contributed by atoms with E-state index in [2.05, 4.69) is 24.0 Å². The molecule has 8 heavy (non-hydrogen) atoms. The summed E-state index contributed by atoms with van der Waals surface area (Å²) in [5.41, 5.74) is -0.177. The Kier molecular flexibility index (Phi) is 1.69. The molecule has 0 radical (unpaired) electrons. The van der Waals surface area contributed by atoms with Crippen molar-refractivity contribution in [3.63, 3.8) is 0 Å². The van der Waals surface area contributed by atoms with E-state index in [0.717, 1.165) is 0 Å². The van der Waals surface area contributed by atoms with Gasteiger partial charge >= 0.3 is 0 Å². The lowest BCUT2D eigenvalue weighted by Crippen LogP contribution is -2.11. The molecule has 0 heterocycles. The third-order valence-corrected chi connectivity index (χ3v) is 0.845. The smallest absolute Gasteiger partial charge is 0.124 e. The average molecular weight is 111 g/mol. The first-order chi connectivity index (χ1) is 4.12. The number of nitrogens with zero attached hydrogens (tertiary/aromatic N) is 1. The van der Waals surface area contributed by atoms with Crippen molar-refractivity contribution in [3.8, 4) is 12.3 Å². The van der Waals surface area contributed by atoms with Crippen molar-refractivity contribution in [2.24, 2.45) is 10.4 Å². The van der Waals surface area contributed by atoms with Crippen LogP contribution in [-0.4, -0.2) is 13.3 Å². The zero-order chi connectivity index (χ0) is 7.33. The Morgan fingerprint density at radius 3 is 3.00 bits per heavy atom. The average Bonchev–Trinajstić information content (AvgIpc) is 1.64. The third kappa shape index (κ3) is 2.41. The van der Waals surface area contributed by atoms with Crippen molar-refractivity contribution in [1.82, 2.24) is 0 Å². The molecule has 0 bridgehead atoms. The molecule has 0 fully saturated rings. The molecule has 0 rings (SSSR count). The van der Waals surface area contributed by atoms with Crippen LogP contribution in [0.2, 0.25) is 0 Å². The Morgan fingerprint density at radius 2 is 2.62 bits per heavy atom. The van der Waals surface area contributed by atoms with Gasteiger partial charge in [0.05, 0.1) is 6.54 Å². The molecular formula is C7H11N. The molecule has 0 unspecified atom stereocenters. The molecule has 0 aromatic rings. The van der Waals surface area contributed by atoms with Crippen LogP contribution in [-0.2, 0) is 0 Å². The molecule has 44 valence electrons. The molecule has 0 saturated heterocycles. The summed E-state index contributed by atoms with van der Waals surface area (Å²) in [6.45, 7) is 7.81. The minimum atomic E-state index is -0.177. The predicted molar refractivity (Wildman–Crippen MR) is 37.0 cm³/mol. The molecule has 0 aliphatic heterocycles. The summed E-state index contributed by atoms with van der Waals surface area (Å²) in [6, 6.07) is 0. The highest BCUT2D eigenvalue weighted by molar-refractivity contribution is 5.24. The topological polar surface area (TPSA) is 12.4 Å². The van der Waals surface area contributed by atoms with Crippen molar-refractivity contribution in [2.75, 3.05) is 6.54 Å². The zero-order valence-corrected chi connectivity index (χ0v) is 5.36. The largest absolute Gasteiger partial charge is 0.299 e. The maximum atomic E-state index is 6.61. The SMILES string of the molecule is [3H]C#CC(C)(C)CN=C. The van der Waals surface area contributed by atoms with Crippen LogP contribution in [0.15, 0.2) is 4.99 Å². The van der Waals surface area contributed by atoms with E-state index in [-0.39, 0.29) is 5.41 Å². The normalized spacial score (nSPS) is 11.0. The minimum absolute atomic E-state index is 0.177. The Morgan fingerprint density at radius 1 is 2.00 bits per heavy atom. The molecule has 0 atom stereocenters. The van der Waals surface area contributed by atoms with E-state index >= 15 is 0 Å². The number of hydrogen-bond acceptors (Lipinski definition) is 1. The minimum Gasteiger partial charge on any atom is -0.299 e. The summed E-state index contributed by atoms with van der Waals surface area (Å²) in [5, 5.41) is 0. The molecule has 0 N–H and O–H groups in total. The van der Waals surface area contributed by atoms with Gasteiger partial charge in [0.1, 0.15) is 1.37 Å². The highest BCUT2D eigenvalue weighted by Gasteiger charge is 2.10. The summed E-state index contributed by atoms with van der Waals surface area (Å²) in [6.07, 6.45) is 2.10. The number of aliphatic imine (C=N–C) groups is 1. The Labute approximate surface area is 52.2 Å². The lowest BCUT2D eigenvalue weighted by Gasteiger charge is -2.11. The van der Waals surface area contributed by atoms with E-state index < -0.39 is 0 Å². The van der Waals surface area contributed by atoms with Crippen molar-refractivity contribution in [1.29, 1.82) is 0 Å². The van der Waals surface area contributed by atoms with Gasteiger partial charge < -0.3 is 0 Å². The summed E-state index contributed by atoms with van der Waals surface area (Å²) < 4.78 is 6.61. The van der Waals surface area contributed by atoms with Crippen LogP contribution in [0.4, 0.5) is 0 Å². The molecule has 0 aliphatic carbocycles. The Bertz CT molecular complexity index is 150. The lowest BCUT2D eigenvalue weighted by molar-refractivity contribution is 0.522. The van der Waals surface area contributed by atoms with Crippen LogP contribution in [0, 0.1) is 17.7 Å². The predicted octanol–water partition coefficient (Wildman–Crippen LogP) is 1.35. The van der Waals surface area contributed by atoms with E-state index in [4.69, 9.17) is 1.37 Å². The molecule has 0 aromatic carbocycles. The van der Waals surface area contributed by atoms with Gasteiger partial charge in [0.2, 0.25) is 0 Å². The van der Waals surface area contributed by atoms with Gasteiger partial charge in [-0.05, 0) is 20.6 Å². The van der Waals surface area contributed by atoms with E-state index in [1.807, 2.05) is 13.8 Å². The number of rotatable bonds is 2. The highest BCUT2D eigenvalue weighted by atomic mass is 14.7. The second-order valence-corrected chi connectivity index (χ2v) is 2.39. The second kappa shape index (κ2) is 2.52. The van der Waals surface area contributed by atoms with E-state index in [9.17, 15) is 0 Å². The zero-order valence-electron chi connectivity index (χ0n) is 6.36. The molecule has 0 amide bonds. The lowest BCUT2D eigenvalue weighted by atomic mass is 9.96. The first-order valence-corrected chi connectivity index (χ1v) is 2.49. The summed E-state index contributed by atoms with van der Waals surface area (Å²) in [7, 11) is 0. The highest BCUT2D eigenvalue weighted by Crippen LogP contribution is 2.11. The van der Waals surface area contributed by atoms with Gasteiger partial charge in [-0.2, -0.15) is 0 Å². The van der Waals surface area contributed by atoms with Crippen LogP contribution in [0.1, 0.15) is 15.2 Å². The summed E-state index contributed by atoms with van der Waals surface area (Å²) >= 11 is 0. The molecule has 0 saturated carbocycles. The fraction of sp³-hybridized carbons (Fsp3) is 0.571. The van der Waals surface area contributed by atoms with E-state index in [1.54, 1.807) is 0 Å². The summed E-state index contributed by atoms with van der Waals surface area (Å²) in [5.74, 6) is 2.71. The number of hydrogen-bond donors (Lipinski definition) is 0. The summed E-state index contributed by atoms with van der Waals surface area (Å²) in [4.78, 5) is 3.69. The monoisotopic (exact) mass is 111 g/mol. The van der Waals surface area contributed by atoms with E-state index in [1.165, 1.54) is 0 Å². The van der Waals surface area contributed by atoms with Crippen LogP contribution in [0.25, 0.3) is 0 Å². The van der Waals surface area contributed by atoms with Crippen molar-refractivity contribution < 1.29 is 1.37 Å². The maximum Gasteiger partial charge on any atom is 0.124 e. The number of terminal acetylenes is 1. The first-order valence-electron chi connectivity index (χ1n) is 2.99. The molecule has 1 heteroatoms. The van der Waals surface area contributed by atoms with Crippen LogP contribution >= 0.6 is 0 Å². The fourth-order valence-electron chi connectivity index (χ4n) is 0.319. The molecular weight excluding hydrogens is 98.1 g/mol. The maximum absolute atomic E-state index is 6.61. The molecule has 0 spiro atoms. The van der Waals surface area contributed by atoms with Gasteiger partial charge in [-0.1, -0.05) is 5.92 Å². The van der Waals surface area contributed by atoms with Crippen molar-refractivity contribution in [2.45, 2.75) is 13.8 Å². The standard InChI is InChI=1S/C7H11N/c1-5-7(2,3)6-8-4/h1H,4,6H2,2-3H3/i1T.